The molecule has 0 aliphatic carbocycles. The molecule has 1 heterocycles. The van der Waals surface area contributed by atoms with Crippen LogP contribution in [-0.4, -0.2) is 17.0 Å². The molecule has 1 fully saturated rings. The number of hydrogen-bond acceptors (Lipinski definition) is 4. The summed E-state index contributed by atoms with van der Waals surface area (Å²) in [6.07, 6.45) is 1.75. The summed E-state index contributed by atoms with van der Waals surface area (Å²) < 4.78 is 5.89. The largest absolute Gasteiger partial charge is 0.453 e. The van der Waals surface area contributed by atoms with Crippen molar-refractivity contribution < 1.29 is 14.3 Å². The Hall–Kier alpha value is -2.07. The number of benzene rings is 2. The van der Waals surface area contributed by atoms with E-state index in [-0.39, 0.29) is 12.2 Å². The summed E-state index contributed by atoms with van der Waals surface area (Å²) in [6, 6.07) is 19.5. The molecule has 130 valence electrons. The van der Waals surface area contributed by atoms with Crippen molar-refractivity contribution in [1.29, 1.82) is 0 Å². The highest BCUT2D eigenvalue weighted by Gasteiger charge is 2.47. The Bertz CT molecular complexity index is 709. The zero-order valence-corrected chi connectivity index (χ0v) is 15.1. The molecule has 0 spiro atoms. The number of cyclic esters (lactones) is 1. The first-order chi connectivity index (χ1) is 12.1. The van der Waals surface area contributed by atoms with E-state index in [0.29, 0.717) is 12.2 Å². The van der Waals surface area contributed by atoms with Gasteiger partial charge in [0.25, 0.3) is 0 Å². The first-order valence-corrected chi connectivity index (χ1v) is 9.66. The van der Waals surface area contributed by atoms with Gasteiger partial charge in [-0.2, -0.15) is 0 Å². The monoisotopic (exact) mass is 354 g/mol. The van der Waals surface area contributed by atoms with Gasteiger partial charge in [-0.15, -0.1) is 11.8 Å². The first kappa shape index (κ1) is 17.7. The molecule has 3 rings (SSSR count). The van der Waals surface area contributed by atoms with E-state index in [0.717, 1.165) is 17.5 Å². The van der Waals surface area contributed by atoms with E-state index in [1.54, 1.807) is 0 Å². The zero-order chi connectivity index (χ0) is 17.7. The van der Waals surface area contributed by atoms with Crippen molar-refractivity contribution in [3.8, 4) is 0 Å². The number of carbonyl (C=O) groups is 2. The lowest BCUT2D eigenvalue weighted by Gasteiger charge is -2.38. The fourth-order valence-corrected chi connectivity index (χ4v) is 4.30. The summed E-state index contributed by atoms with van der Waals surface area (Å²) in [6.45, 7) is 2.04. The second kappa shape index (κ2) is 7.87. The molecule has 3 nitrogen and oxygen atoms in total. The number of Topliss-reactive ketones (excluding diaryl/α,β-unsaturated/α-hetero) is 1. The number of ketones is 1. The Morgan fingerprint density at radius 1 is 1.04 bits per heavy atom. The second-order valence-electron chi connectivity index (χ2n) is 6.35. The van der Waals surface area contributed by atoms with Crippen LogP contribution < -0.4 is 0 Å². The predicted octanol–water partition coefficient (Wildman–Crippen LogP) is 4.50. The second-order valence-corrected chi connectivity index (χ2v) is 7.44. The van der Waals surface area contributed by atoms with E-state index in [9.17, 15) is 9.59 Å². The summed E-state index contributed by atoms with van der Waals surface area (Å²) in [5.41, 5.74) is 1.19. The highest BCUT2D eigenvalue weighted by Crippen LogP contribution is 2.41. The van der Waals surface area contributed by atoms with Gasteiger partial charge in [-0.05, 0) is 17.5 Å². The average Bonchev–Trinajstić information content (AvgIpc) is 2.63. The van der Waals surface area contributed by atoms with E-state index < -0.39 is 16.8 Å². The Morgan fingerprint density at radius 3 is 2.28 bits per heavy atom. The number of thioether (sulfide) groups is 1. The standard InChI is InChI=1S/C21H22O3S/c1-2-13-21(17-11-7-4-8-12-17)14-18(22)19(20(23)24-21)25-15-16-9-5-3-6-10-16/h3-12,19H,2,13-15H2,1H3. The lowest BCUT2D eigenvalue weighted by Crippen LogP contribution is -2.47. The van der Waals surface area contributed by atoms with Crippen LogP contribution in [0.4, 0.5) is 0 Å². The lowest BCUT2D eigenvalue weighted by molar-refractivity contribution is -0.171. The molecular weight excluding hydrogens is 332 g/mol. The van der Waals surface area contributed by atoms with Gasteiger partial charge in [0.15, 0.2) is 11.0 Å². The molecule has 0 radical (unpaired) electrons. The van der Waals surface area contributed by atoms with E-state index >= 15 is 0 Å². The molecule has 0 N–H and O–H groups in total. The third kappa shape index (κ3) is 3.96. The molecule has 0 saturated carbocycles. The summed E-state index contributed by atoms with van der Waals surface area (Å²) >= 11 is 1.36. The molecule has 1 aliphatic heterocycles. The van der Waals surface area contributed by atoms with Gasteiger partial charge >= 0.3 is 5.97 Å². The van der Waals surface area contributed by atoms with Crippen molar-refractivity contribution in [3.63, 3.8) is 0 Å². The molecule has 4 heteroatoms. The van der Waals surface area contributed by atoms with Gasteiger partial charge in [-0.25, -0.2) is 0 Å². The van der Waals surface area contributed by atoms with Crippen LogP contribution in [0.15, 0.2) is 60.7 Å². The molecule has 0 aromatic heterocycles. The van der Waals surface area contributed by atoms with Crippen molar-refractivity contribution in [1.82, 2.24) is 0 Å². The van der Waals surface area contributed by atoms with E-state index in [1.165, 1.54) is 11.8 Å². The van der Waals surface area contributed by atoms with Gasteiger partial charge in [0.2, 0.25) is 0 Å². The van der Waals surface area contributed by atoms with Crippen molar-refractivity contribution in [2.75, 3.05) is 0 Å². The fourth-order valence-electron chi connectivity index (χ4n) is 3.29. The van der Waals surface area contributed by atoms with Crippen LogP contribution in [0, 0.1) is 0 Å². The third-order valence-corrected chi connectivity index (χ3v) is 5.76. The number of rotatable bonds is 6. The van der Waals surface area contributed by atoms with Crippen LogP contribution in [0.25, 0.3) is 0 Å². The third-order valence-electron chi connectivity index (χ3n) is 4.48. The summed E-state index contributed by atoms with van der Waals surface area (Å²) in [7, 11) is 0. The maximum absolute atomic E-state index is 12.8. The van der Waals surface area contributed by atoms with Gasteiger partial charge in [-0.1, -0.05) is 74.0 Å². The average molecular weight is 354 g/mol. The maximum atomic E-state index is 12.8. The smallest absolute Gasteiger partial charge is 0.327 e. The fraction of sp³-hybridized carbons (Fsp3) is 0.333. The SMILES string of the molecule is CCCC1(c2ccccc2)CC(=O)C(SCc2ccccc2)C(=O)O1. The zero-order valence-electron chi connectivity index (χ0n) is 14.3. The van der Waals surface area contributed by atoms with Gasteiger partial charge in [0.1, 0.15) is 5.60 Å². The Kier molecular flexibility index (Phi) is 5.59. The van der Waals surface area contributed by atoms with Gasteiger partial charge in [-0.3, -0.25) is 9.59 Å². The van der Waals surface area contributed by atoms with E-state index in [2.05, 4.69) is 0 Å². The topological polar surface area (TPSA) is 43.4 Å². The van der Waals surface area contributed by atoms with Gasteiger partial charge in [0, 0.05) is 5.75 Å². The highest BCUT2D eigenvalue weighted by molar-refractivity contribution is 8.00. The number of ether oxygens (including phenoxy) is 1. The molecule has 0 bridgehead atoms. The van der Waals surface area contributed by atoms with Crippen LogP contribution in [0.5, 0.6) is 0 Å². The van der Waals surface area contributed by atoms with Crippen molar-refractivity contribution in [3.05, 3.63) is 71.8 Å². The van der Waals surface area contributed by atoms with Gasteiger partial charge in [0.05, 0.1) is 6.42 Å². The molecule has 2 atom stereocenters. The summed E-state index contributed by atoms with van der Waals surface area (Å²) in [4.78, 5) is 25.4. The van der Waals surface area contributed by atoms with E-state index in [1.807, 2.05) is 67.6 Å². The van der Waals surface area contributed by atoms with Crippen LogP contribution >= 0.6 is 11.8 Å². The Balaban J connectivity index is 1.76. The quantitative estimate of drug-likeness (QED) is 0.566. The first-order valence-electron chi connectivity index (χ1n) is 8.61. The molecule has 2 aromatic rings. The van der Waals surface area contributed by atoms with E-state index in [4.69, 9.17) is 4.74 Å². The van der Waals surface area contributed by atoms with Crippen molar-refractivity contribution >= 4 is 23.5 Å². The molecule has 2 aromatic carbocycles. The summed E-state index contributed by atoms with van der Waals surface area (Å²) in [5.74, 6) is 0.183. The maximum Gasteiger partial charge on any atom is 0.327 e. The van der Waals surface area contributed by atoms with Crippen molar-refractivity contribution in [2.45, 2.75) is 42.8 Å². The summed E-state index contributed by atoms with van der Waals surface area (Å²) in [5, 5.41) is -0.728. The number of hydrogen-bond donors (Lipinski definition) is 0. The van der Waals surface area contributed by atoms with Crippen LogP contribution in [0.2, 0.25) is 0 Å². The van der Waals surface area contributed by atoms with Crippen LogP contribution in [0.1, 0.15) is 37.3 Å². The van der Waals surface area contributed by atoms with Crippen LogP contribution in [-0.2, 0) is 25.7 Å². The minimum atomic E-state index is -0.812. The molecule has 1 aliphatic rings. The van der Waals surface area contributed by atoms with Crippen LogP contribution in [0.3, 0.4) is 0 Å². The predicted molar refractivity (Wildman–Crippen MR) is 100 cm³/mol. The number of esters is 1. The minimum Gasteiger partial charge on any atom is -0.453 e. The van der Waals surface area contributed by atoms with Crippen molar-refractivity contribution in [2.24, 2.45) is 0 Å². The molecule has 1 saturated heterocycles. The lowest BCUT2D eigenvalue weighted by atomic mass is 9.82. The minimum absolute atomic E-state index is 0.0329. The number of carbonyl (C=O) groups excluding carboxylic acids is 2. The molecule has 0 amide bonds. The van der Waals surface area contributed by atoms with Gasteiger partial charge < -0.3 is 4.74 Å². The normalized spacial score (nSPS) is 23.3. The molecule has 2 unspecified atom stereocenters. The Morgan fingerprint density at radius 2 is 1.68 bits per heavy atom. The molecule has 25 heavy (non-hydrogen) atoms. The highest BCUT2D eigenvalue weighted by atomic mass is 32.2. The Labute approximate surface area is 152 Å². The molecular formula is C21H22O3S.